The van der Waals surface area contributed by atoms with Crippen molar-refractivity contribution >= 4 is 38.8 Å². The summed E-state index contributed by atoms with van der Waals surface area (Å²) in [6, 6.07) is 40.6. The Morgan fingerprint density at radius 3 is 2.28 bits per heavy atom. The molecule has 2 nitrogen and oxygen atoms in total. The molecule has 1 aromatic heterocycles. The quantitative estimate of drug-likeness (QED) is 0.164. The predicted octanol–water partition coefficient (Wildman–Crippen LogP) is 14.3. The Morgan fingerprint density at radius 2 is 1.44 bits per heavy atom. The number of furan rings is 1. The van der Waals surface area contributed by atoms with Gasteiger partial charge in [0, 0.05) is 32.9 Å². The van der Waals surface area contributed by atoms with E-state index in [0.717, 1.165) is 65.2 Å². The molecule has 10 rings (SSSR count). The summed E-state index contributed by atoms with van der Waals surface area (Å²) in [4.78, 5) is 2.68. The van der Waals surface area contributed by atoms with Crippen molar-refractivity contribution in [3.8, 4) is 11.1 Å². The van der Waals surface area contributed by atoms with Gasteiger partial charge < -0.3 is 9.32 Å². The zero-order valence-corrected chi connectivity index (χ0v) is 33.7. The topological polar surface area (TPSA) is 16.4 Å². The first-order valence-electron chi connectivity index (χ1n) is 20.8. The molecule has 1 heterocycles. The van der Waals surface area contributed by atoms with Gasteiger partial charge in [0.25, 0.3) is 0 Å². The van der Waals surface area contributed by atoms with Crippen LogP contribution in [-0.2, 0) is 17.3 Å². The molecular weight excluding hydrogens is 691 g/mol. The molecular formula is C55H51NO. The van der Waals surface area contributed by atoms with E-state index in [0.29, 0.717) is 0 Å². The molecule has 0 aliphatic heterocycles. The third-order valence-electron chi connectivity index (χ3n) is 13.7. The summed E-state index contributed by atoms with van der Waals surface area (Å²) in [5, 5.41) is 2.32. The number of hydrogen-bond donors (Lipinski definition) is 0. The maximum atomic E-state index is 6.45. The zero-order valence-electron chi connectivity index (χ0n) is 33.7. The standard InChI is InChI=1S/C55H51NO/c1-36-14-7-6-8-15-40-34-39(26-33-49(40)54(36,2)3)37-22-27-41(28-23-37)56(43-31-32-46-45-16-9-11-20-50(45)55(4,5)51(46)35-43)42-29-24-38(25-30-42)44-18-13-19-48-47-17-10-12-21-52(47)57-53(44)48/h6,8-13,16-27,29-34,41,43H,1,7,14-15,28,35H2,2-5H3/b8-6-. The molecule has 0 amide bonds. The van der Waals surface area contributed by atoms with Crippen LogP contribution in [0.4, 0.5) is 5.69 Å². The number of benzene rings is 5. The largest absolute Gasteiger partial charge is 0.455 e. The average Bonchev–Trinajstić information content (AvgIpc) is 3.74. The van der Waals surface area contributed by atoms with Crippen LogP contribution in [0.1, 0.15) is 81.2 Å². The minimum atomic E-state index is -0.0472. The first-order valence-corrected chi connectivity index (χ1v) is 20.8. The minimum absolute atomic E-state index is 0.00924. The molecule has 5 aromatic carbocycles. The molecule has 4 aliphatic carbocycles. The first-order chi connectivity index (χ1) is 27.7. The van der Waals surface area contributed by atoms with Crippen molar-refractivity contribution in [1.82, 2.24) is 0 Å². The number of nitrogens with zero attached hydrogens (tertiary/aromatic N) is 1. The number of para-hydroxylation sites is 2. The second-order valence-corrected chi connectivity index (χ2v) is 17.6. The fraction of sp³-hybridized carbons (Fsp3) is 0.236. The van der Waals surface area contributed by atoms with Crippen molar-refractivity contribution in [3.63, 3.8) is 0 Å². The molecule has 282 valence electrons. The highest BCUT2D eigenvalue weighted by molar-refractivity contribution is 6.09. The summed E-state index contributed by atoms with van der Waals surface area (Å²) >= 11 is 0. The van der Waals surface area contributed by atoms with Gasteiger partial charge in [-0.2, -0.15) is 0 Å². The fourth-order valence-electron chi connectivity index (χ4n) is 10.2. The third kappa shape index (κ3) is 5.92. The Labute approximate surface area is 337 Å². The van der Waals surface area contributed by atoms with Crippen molar-refractivity contribution in [1.29, 1.82) is 0 Å². The Bertz CT molecular complexity index is 2740. The summed E-state index contributed by atoms with van der Waals surface area (Å²) < 4.78 is 6.45. The highest BCUT2D eigenvalue weighted by atomic mass is 16.3. The van der Waals surface area contributed by atoms with Gasteiger partial charge in [-0.3, -0.25) is 0 Å². The molecule has 2 unspecified atom stereocenters. The molecule has 0 radical (unpaired) electrons. The van der Waals surface area contributed by atoms with Crippen LogP contribution in [0.25, 0.3) is 44.2 Å². The number of hydrogen-bond acceptors (Lipinski definition) is 2. The Balaban J connectivity index is 0.994. The Hall–Kier alpha value is -5.86. The van der Waals surface area contributed by atoms with Gasteiger partial charge in [0.05, 0.1) is 12.1 Å². The lowest BCUT2D eigenvalue weighted by molar-refractivity contribution is 0.549. The Kier molecular flexibility index (Phi) is 8.52. The predicted molar refractivity (Wildman–Crippen MR) is 242 cm³/mol. The molecule has 57 heavy (non-hydrogen) atoms. The van der Waals surface area contributed by atoms with E-state index in [9.17, 15) is 0 Å². The van der Waals surface area contributed by atoms with Gasteiger partial charge in [0.1, 0.15) is 11.2 Å². The van der Waals surface area contributed by atoms with E-state index in [1.807, 2.05) is 6.07 Å². The first kappa shape index (κ1) is 35.5. The normalized spacial score (nSPS) is 21.3. The maximum Gasteiger partial charge on any atom is 0.143 e. The van der Waals surface area contributed by atoms with Gasteiger partial charge in [-0.15, -0.1) is 0 Å². The van der Waals surface area contributed by atoms with Gasteiger partial charge in [-0.05, 0) is 100 Å². The average molecular weight is 742 g/mol. The molecule has 4 aliphatic rings. The smallest absolute Gasteiger partial charge is 0.143 e. The summed E-state index contributed by atoms with van der Waals surface area (Å²) in [7, 11) is 0. The van der Waals surface area contributed by atoms with E-state index in [1.54, 1.807) is 5.57 Å². The van der Waals surface area contributed by atoms with Crippen molar-refractivity contribution in [2.75, 3.05) is 4.90 Å². The van der Waals surface area contributed by atoms with E-state index in [2.05, 4.69) is 185 Å². The van der Waals surface area contributed by atoms with Crippen LogP contribution in [0.3, 0.4) is 0 Å². The molecule has 6 aromatic rings. The van der Waals surface area contributed by atoms with Crippen LogP contribution >= 0.6 is 0 Å². The molecule has 0 bridgehead atoms. The number of fused-ring (bicyclic) bond motifs is 6. The summed E-state index contributed by atoms with van der Waals surface area (Å²) in [6.45, 7) is 14.0. The van der Waals surface area contributed by atoms with Crippen LogP contribution in [-0.4, -0.2) is 12.1 Å². The molecule has 2 heteroatoms. The van der Waals surface area contributed by atoms with E-state index >= 15 is 0 Å². The fourth-order valence-corrected chi connectivity index (χ4v) is 10.2. The lowest BCUT2D eigenvalue weighted by atomic mass is 9.74. The van der Waals surface area contributed by atoms with Gasteiger partial charge in [-0.1, -0.05) is 173 Å². The number of allylic oxidation sites excluding steroid dienone is 7. The lowest BCUT2D eigenvalue weighted by Gasteiger charge is -2.41. The van der Waals surface area contributed by atoms with Crippen LogP contribution in [0.15, 0.2) is 174 Å². The third-order valence-corrected chi connectivity index (χ3v) is 13.7. The van der Waals surface area contributed by atoms with Crippen molar-refractivity contribution in [2.45, 2.75) is 82.7 Å². The van der Waals surface area contributed by atoms with Gasteiger partial charge in [0.15, 0.2) is 0 Å². The van der Waals surface area contributed by atoms with Crippen molar-refractivity contribution in [2.24, 2.45) is 0 Å². The second-order valence-electron chi connectivity index (χ2n) is 17.6. The molecule has 0 saturated carbocycles. The highest BCUT2D eigenvalue weighted by Crippen LogP contribution is 2.51. The monoisotopic (exact) mass is 741 g/mol. The Morgan fingerprint density at radius 1 is 0.684 bits per heavy atom. The van der Waals surface area contributed by atoms with E-state index in [-0.39, 0.29) is 22.9 Å². The van der Waals surface area contributed by atoms with Gasteiger partial charge in [-0.25, -0.2) is 0 Å². The van der Waals surface area contributed by atoms with Crippen molar-refractivity contribution < 1.29 is 4.42 Å². The molecule has 0 N–H and O–H groups in total. The van der Waals surface area contributed by atoms with E-state index < -0.39 is 0 Å². The van der Waals surface area contributed by atoms with Crippen LogP contribution in [0.2, 0.25) is 0 Å². The summed E-state index contributed by atoms with van der Waals surface area (Å²) in [5.74, 6) is 0. The SMILES string of the molecule is C=C1CC/C=C\Cc2cc(C3=CCC(N(c4ccc(-c5cccc6c5oc5ccccc56)cc4)C4C=CC5=C(C4)C(C)(C)c4ccccc45)C=C3)ccc2C1(C)C. The highest BCUT2D eigenvalue weighted by Gasteiger charge is 2.40. The van der Waals surface area contributed by atoms with E-state index in [4.69, 9.17) is 4.42 Å². The lowest BCUT2D eigenvalue weighted by Crippen LogP contribution is -2.43. The van der Waals surface area contributed by atoms with Crippen LogP contribution in [0.5, 0.6) is 0 Å². The molecule has 0 saturated heterocycles. The van der Waals surface area contributed by atoms with Crippen LogP contribution in [0, 0.1) is 0 Å². The zero-order chi connectivity index (χ0) is 38.9. The molecule has 0 fully saturated rings. The second kappa shape index (κ2) is 13.7. The maximum absolute atomic E-state index is 6.45. The number of rotatable bonds is 5. The molecule has 0 spiro atoms. The van der Waals surface area contributed by atoms with Crippen LogP contribution < -0.4 is 4.90 Å². The summed E-state index contributed by atoms with van der Waals surface area (Å²) in [5.41, 5.74) is 17.9. The number of anilines is 1. The van der Waals surface area contributed by atoms with Gasteiger partial charge in [0.2, 0.25) is 0 Å². The van der Waals surface area contributed by atoms with E-state index in [1.165, 1.54) is 50.2 Å². The summed E-state index contributed by atoms with van der Waals surface area (Å²) in [6.07, 6.45) is 21.9. The minimum Gasteiger partial charge on any atom is -0.455 e. The van der Waals surface area contributed by atoms with Crippen molar-refractivity contribution in [3.05, 3.63) is 197 Å². The van der Waals surface area contributed by atoms with Gasteiger partial charge >= 0.3 is 0 Å². The molecule has 2 atom stereocenters.